The molecule has 0 spiro atoms. The zero-order valence-corrected chi connectivity index (χ0v) is 18.1. The molecule has 4 N–H and O–H groups in total. The molecule has 1 unspecified atom stereocenters. The van der Waals surface area contributed by atoms with Gasteiger partial charge < -0.3 is 15.8 Å². The Morgan fingerprint density at radius 2 is 1.83 bits per heavy atom. The smallest absolute Gasteiger partial charge is 0.130 e. The topological polar surface area (TPSA) is 62.4 Å². The molecule has 6 heteroatoms. The fourth-order valence-corrected chi connectivity index (χ4v) is 5.44. The number of hydrogen-bond donors (Lipinski definition) is 3. The Balaban J connectivity index is 1.44. The van der Waals surface area contributed by atoms with Crippen LogP contribution in [0.15, 0.2) is 28.5 Å². The van der Waals surface area contributed by atoms with Gasteiger partial charge in [0.05, 0.1) is 10.6 Å². The largest absolute Gasteiger partial charge is 0.404 e. The van der Waals surface area contributed by atoms with Crippen molar-refractivity contribution in [2.24, 2.45) is 16.6 Å². The summed E-state index contributed by atoms with van der Waals surface area (Å²) < 4.78 is 18.1. The van der Waals surface area contributed by atoms with Gasteiger partial charge in [0.25, 0.3) is 0 Å². The third kappa shape index (κ3) is 4.04. The van der Waals surface area contributed by atoms with Gasteiger partial charge in [-0.2, -0.15) is 0 Å². The van der Waals surface area contributed by atoms with Gasteiger partial charge >= 0.3 is 0 Å². The molecule has 4 rings (SSSR count). The van der Waals surface area contributed by atoms with E-state index in [1.54, 1.807) is 6.20 Å². The first-order valence-electron chi connectivity index (χ1n) is 10.8. The van der Waals surface area contributed by atoms with Crippen molar-refractivity contribution >= 4 is 23.3 Å². The summed E-state index contributed by atoms with van der Waals surface area (Å²) in [4.78, 5) is 5.69. The minimum Gasteiger partial charge on any atom is -0.404 e. The molecule has 156 valence electrons. The van der Waals surface area contributed by atoms with Crippen molar-refractivity contribution in [2.75, 3.05) is 11.9 Å². The molecular weight excluding hydrogens is 383 g/mol. The Kier molecular flexibility index (Phi) is 6.18. The Bertz CT molecular complexity index is 839. The van der Waals surface area contributed by atoms with E-state index in [1.165, 1.54) is 24.8 Å². The predicted molar refractivity (Wildman–Crippen MR) is 122 cm³/mol. The van der Waals surface area contributed by atoms with Crippen LogP contribution in [-0.4, -0.2) is 12.3 Å². The van der Waals surface area contributed by atoms with E-state index in [1.807, 2.05) is 0 Å². The van der Waals surface area contributed by atoms with E-state index in [0.717, 1.165) is 90.0 Å². The maximum Gasteiger partial charge on any atom is 0.130 e. The quantitative estimate of drug-likeness (QED) is 0.550. The number of rotatable bonds is 7. The third-order valence-corrected chi connectivity index (χ3v) is 7.41. The molecular formula is C23H31FN4S. The van der Waals surface area contributed by atoms with Crippen LogP contribution in [0.1, 0.15) is 61.3 Å². The minimum absolute atomic E-state index is 0.0533. The van der Waals surface area contributed by atoms with Gasteiger partial charge in [0.2, 0.25) is 0 Å². The highest BCUT2D eigenvalue weighted by atomic mass is 32.2. The monoisotopic (exact) mass is 414 g/mol. The van der Waals surface area contributed by atoms with Crippen LogP contribution in [0, 0.1) is 11.7 Å². The fraction of sp³-hybridized carbons (Fsp3) is 0.522. The lowest BCUT2D eigenvalue weighted by atomic mass is 9.95. The highest BCUT2D eigenvalue weighted by molar-refractivity contribution is 8.02. The lowest BCUT2D eigenvalue weighted by molar-refractivity contribution is 0.477. The van der Waals surface area contributed by atoms with Gasteiger partial charge in [-0.3, -0.25) is 4.99 Å². The molecule has 0 amide bonds. The van der Waals surface area contributed by atoms with Crippen LogP contribution in [0.5, 0.6) is 0 Å². The van der Waals surface area contributed by atoms with Crippen molar-refractivity contribution in [1.82, 2.24) is 4.72 Å². The van der Waals surface area contributed by atoms with E-state index in [-0.39, 0.29) is 5.82 Å². The summed E-state index contributed by atoms with van der Waals surface area (Å²) in [5.74, 6) is 1.44. The van der Waals surface area contributed by atoms with Crippen LogP contribution < -0.4 is 15.8 Å². The third-order valence-electron chi connectivity index (χ3n) is 6.47. The van der Waals surface area contributed by atoms with E-state index >= 15 is 0 Å². The molecule has 1 heterocycles. The summed E-state index contributed by atoms with van der Waals surface area (Å²) in [6.45, 7) is 7.26. The van der Waals surface area contributed by atoms with Gasteiger partial charge in [-0.25, -0.2) is 4.39 Å². The number of aliphatic imine (C=N–C) groups is 1. The summed E-state index contributed by atoms with van der Waals surface area (Å²) in [6.07, 6.45) is 10.5. The van der Waals surface area contributed by atoms with Crippen LogP contribution in [0.3, 0.4) is 0 Å². The first-order valence-corrected chi connectivity index (χ1v) is 11.6. The molecule has 1 aromatic carbocycles. The fourth-order valence-electron chi connectivity index (χ4n) is 4.81. The maximum absolute atomic E-state index is 14.8. The van der Waals surface area contributed by atoms with Crippen molar-refractivity contribution in [2.45, 2.75) is 64.7 Å². The summed E-state index contributed by atoms with van der Waals surface area (Å²) >= 11 is 1.45. The van der Waals surface area contributed by atoms with E-state index in [0.29, 0.717) is 11.7 Å². The maximum atomic E-state index is 14.8. The average Bonchev–Trinajstić information content (AvgIpc) is 3.42. The van der Waals surface area contributed by atoms with Crippen LogP contribution in [0.4, 0.5) is 10.1 Å². The summed E-state index contributed by atoms with van der Waals surface area (Å²) in [5.41, 5.74) is 12.2. The van der Waals surface area contributed by atoms with Gasteiger partial charge in [0.15, 0.2) is 0 Å². The molecule has 0 aromatic heterocycles. The summed E-state index contributed by atoms with van der Waals surface area (Å²) in [7, 11) is 0. The second-order valence-electron chi connectivity index (χ2n) is 8.25. The molecule has 3 aliphatic rings. The van der Waals surface area contributed by atoms with Crippen LogP contribution in [-0.2, 0) is 25.7 Å². The Labute approximate surface area is 177 Å². The lowest BCUT2D eigenvalue weighted by Crippen LogP contribution is -2.20. The number of fused-ring (bicyclic) bond motifs is 2. The second kappa shape index (κ2) is 8.82. The lowest BCUT2D eigenvalue weighted by Gasteiger charge is -2.22. The van der Waals surface area contributed by atoms with Gasteiger partial charge in [-0.15, -0.1) is 0 Å². The van der Waals surface area contributed by atoms with E-state index in [4.69, 9.17) is 10.7 Å². The predicted octanol–water partition coefficient (Wildman–Crippen LogP) is 4.99. The standard InChI is InChI=1S/C23H31FN4S/c1-3-15-10-11-20(26-13-15)21(12-25)29-28-14(2)27-23-18-8-4-6-16(18)22(24)17-7-5-9-19(17)23/h12,15,27-28H,2-11,13,25H2,1H3. The van der Waals surface area contributed by atoms with Gasteiger partial charge in [-0.05, 0) is 91.5 Å². The number of allylic oxidation sites excluding steroid dienone is 1. The zero-order valence-electron chi connectivity index (χ0n) is 17.2. The minimum atomic E-state index is 0.0533. The highest BCUT2D eigenvalue weighted by Crippen LogP contribution is 2.41. The van der Waals surface area contributed by atoms with E-state index < -0.39 is 0 Å². The molecule has 1 aliphatic heterocycles. The van der Waals surface area contributed by atoms with Crippen molar-refractivity contribution < 1.29 is 4.39 Å². The van der Waals surface area contributed by atoms with Gasteiger partial charge in [0, 0.05) is 18.4 Å². The molecule has 0 saturated heterocycles. The molecule has 0 fully saturated rings. The number of benzene rings is 1. The van der Waals surface area contributed by atoms with Crippen LogP contribution >= 0.6 is 11.9 Å². The Morgan fingerprint density at radius 3 is 2.38 bits per heavy atom. The number of nitrogens with one attached hydrogen (secondary N) is 2. The first-order chi connectivity index (χ1) is 14.1. The SMILES string of the molecule is C=C(NSC(=CN)C1=NCC(CC)CC1)Nc1c2c(c(F)c3c1CCC3)CCC2. The normalized spacial score (nSPS) is 20.8. The molecule has 4 nitrogen and oxygen atoms in total. The molecule has 2 aliphatic carbocycles. The molecule has 29 heavy (non-hydrogen) atoms. The number of nitrogens with zero attached hydrogens (tertiary/aromatic N) is 1. The molecule has 0 saturated carbocycles. The van der Waals surface area contributed by atoms with E-state index in [2.05, 4.69) is 23.5 Å². The Hall–Kier alpha value is -1.95. The van der Waals surface area contributed by atoms with Crippen molar-refractivity contribution in [3.05, 3.63) is 51.6 Å². The number of hydrogen-bond acceptors (Lipinski definition) is 5. The van der Waals surface area contributed by atoms with Crippen LogP contribution in [0.2, 0.25) is 0 Å². The summed E-state index contributed by atoms with van der Waals surface area (Å²) in [6, 6.07) is 0. The summed E-state index contributed by atoms with van der Waals surface area (Å²) in [5, 5.41) is 3.47. The number of nitrogens with two attached hydrogens (primary N) is 1. The highest BCUT2D eigenvalue weighted by Gasteiger charge is 2.29. The van der Waals surface area contributed by atoms with Crippen molar-refractivity contribution in [3.8, 4) is 0 Å². The molecule has 0 radical (unpaired) electrons. The van der Waals surface area contributed by atoms with Crippen molar-refractivity contribution in [1.29, 1.82) is 0 Å². The Morgan fingerprint density at radius 1 is 1.17 bits per heavy atom. The van der Waals surface area contributed by atoms with Gasteiger partial charge in [-0.1, -0.05) is 19.9 Å². The second-order valence-corrected chi connectivity index (χ2v) is 9.10. The van der Waals surface area contributed by atoms with Gasteiger partial charge in [0.1, 0.15) is 11.6 Å². The number of anilines is 1. The van der Waals surface area contributed by atoms with Crippen molar-refractivity contribution in [3.63, 3.8) is 0 Å². The first kappa shape index (κ1) is 20.3. The number of halogens is 1. The average molecular weight is 415 g/mol. The molecule has 1 aromatic rings. The molecule has 1 atom stereocenters. The molecule has 0 bridgehead atoms. The van der Waals surface area contributed by atoms with E-state index in [9.17, 15) is 4.39 Å². The zero-order chi connectivity index (χ0) is 20.4. The van der Waals surface area contributed by atoms with Crippen LogP contribution in [0.25, 0.3) is 0 Å².